The highest BCUT2D eigenvalue weighted by atomic mass is 35.5. The van der Waals surface area contributed by atoms with Crippen molar-refractivity contribution in [3.63, 3.8) is 0 Å². The first-order valence-electron chi connectivity index (χ1n) is 10.9. The summed E-state index contributed by atoms with van der Waals surface area (Å²) in [6.07, 6.45) is 0. The average molecular weight is 520 g/mol. The predicted octanol–water partition coefficient (Wildman–Crippen LogP) is 5.95. The molecule has 34 heavy (non-hydrogen) atoms. The highest BCUT2D eigenvalue weighted by Crippen LogP contribution is 2.24. The lowest BCUT2D eigenvalue weighted by molar-refractivity contribution is -0.113. The van der Waals surface area contributed by atoms with Crippen molar-refractivity contribution in [3.8, 4) is 0 Å². The maximum atomic E-state index is 12.6. The molecular weight excluding hydrogens is 493 g/mol. The number of halogens is 2. The van der Waals surface area contributed by atoms with Crippen LogP contribution in [0.4, 0.5) is 5.69 Å². The van der Waals surface area contributed by atoms with Crippen LogP contribution >= 0.6 is 35.0 Å². The van der Waals surface area contributed by atoms with Gasteiger partial charge >= 0.3 is 0 Å². The number of hydrogen-bond donors (Lipinski definition) is 2. The van der Waals surface area contributed by atoms with Gasteiger partial charge in [0.2, 0.25) is 5.91 Å². The van der Waals surface area contributed by atoms with Gasteiger partial charge in [-0.1, -0.05) is 60.9 Å². The molecule has 3 aromatic rings. The summed E-state index contributed by atoms with van der Waals surface area (Å²) < 4.78 is 1.88. The van der Waals surface area contributed by atoms with E-state index < -0.39 is 6.04 Å². The van der Waals surface area contributed by atoms with Crippen molar-refractivity contribution in [1.29, 1.82) is 0 Å². The molecule has 10 heteroatoms. The van der Waals surface area contributed by atoms with Gasteiger partial charge in [0.05, 0.1) is 21.8 Å². The van der Waals surface area contributed by atoms with Crippen LogP contribution < -0.4 is 10.6 Å². The zero-order chi connectivity index (χ0) is 24.8. The number of carbonyl (C=O) groups is 2. The van der Waals surface area contributed by atoms with Crippen molar-refractivity contribution in [3.05, 3.63) is 69.5 Å². The Kier molecular flexibility index (Phi) is 8.99. The Morgan fingerprint density at radius 2 is 1.74 bits per heavy atom. The fourth-order valence-electron chi connectivity index (χ4n) is 3.28. The van der Waals surface area contributed by atoms with Crippen molar-refractivity contribution >= 4 is 52.5 Å². The zero-order valence-corrected chi connectivity index (χ0v) is 21.8. The number of anilines is 1. The van der Waals surface area contributed by atoms with Gasteiger partial charge in [-0.25, -0.2) is 0 Å². The van der Waals surface area contributed by atoms with E-state index in [1.165, 1.54) is 23.4 Å². The van der Waals surface area contributed by atoms with E-state index in [0.717, 1.165) is 5.69 Å². The summed E-state index contributed by atoms with van der Waals surface area (Å²) >= 11 is 13.2. The van der Waals surface area contributed by atoms with Crippen molar-refractivity contribution in [1.82, 2.24) is 20.1 Å². The number of benzene rings is 2. The van der Waals surface area contributed by atoms with Crippen LogP contribution in [0.25, 0.3) is 0 Å². The molecule has 0 radical (unpaired) electrons. The smallest absolute Gasteiger partial charge is 0.251 e. The summed E-state index contributed by atoms with van der Waals surface area (Å²) in [6.45, 7) is 8.63. The number of amides is 2. The van der Waals surface area contributed by atoms with E-state index in [1.807, 2.05) is 42.7 Å². The lowest BCUT2D eigenvalue weighted by Crippen LogP contribution is -2.28. The first kappa shape index (κ1) is 26.1. The van der Waals surface area contributed by atoms with Gasteiger partial charge in [-0.2, -0.15) is 0 Å². The van der Waals surface area contributed by atoms with E-state index in [-0.39, 0.29) is 17.6 Å². The SMILES string of the molecule is CCn1c(SCC(=O)Nc2ccc(C(C)C)cc2)nnc1[C@H](C)NC(=O)c1ccc(Cl)c(Cl)c1. The van der Waals surface area contributed by atoms with Crippen LogP contribution in [-0.4, -0.2) is 32.3 Å². The highest BCUT2D eigenvalue weighted by Gasteiger charge is 2.20. The molecule has 2 aromatic carbocycles. The number of rotatable bonds is 9. The second kappa shape index (κ2) is 11.7. The molecular formula is C24H27Cl2N5O2S. The molecule has 3 rings (SSSR count). The zero-order valence-electron chi connectivity index (χ0n) is 19.4. The number of nitrogens with zero attached hydrogens (tertiary/aromatic N) is 3. The molecule has 180 valence electrons. The van der Waals surface area contributed by atoms with Gasteiger partial charge in [0.15, 0.2) is 11.0 Å². The van der Waals surface area contributed by atoms with Gasteiger partial charge in [0, 0.05) is 17.8 Å². The predicted molar refractivity (Wildman–Crippen MR) is 138 cm³/mol. The van der Waals surface area contributed by atoms with E-state index in [4.69, 9.17) is 23.2 Å². The third kappa shape index (κ3) is 6.52. The van der Waals surface area contributed by atoms with Crippen molar-refractivity contribution in [2.24, 2.45) is 0 Å². The number of hydrogen-bond acceptors (Lipinski definition) is 5. The largest absolute Gasteiger partial charge is 0.342 e. The fourth-order valence-corrected chi connectivity index (χ4v) is 4.39. The molecule has 0 saturated heterocycles. The van der Waals surface area contributed by atoms with Gasteiger partial charge in [-0.15, -0.1) is 10.2 Å². The lowest BCUT2D eigenvalue weighted by atomic mass is 10.0. The quantitative estimate of drug-likeness (QED) is 0.341. The molecule has 1 aromatic heterocycles. The molecule has 2 amide bonds. The maximum Gasteiger partial charge on any atom is 0.251 e. The van der Waals surface area contributed by atoms with Crippen LogP contribution in [0.15, 0.2) is 47.6 Å². The summed E-state index contributed by atoms with van der Waals surface area (Å²) in [5, 5.41) is 15.6. The number of carbonyl (C=O) groups excluding carboxylic acids is 2. The van der Waals surface area contributed by atoms with Crippen LogP contribution in [0.1, 0.15) is 61.4 Å². The normalized spacial score (nSPS) is 12.0. The first-order valence-corrected chi connectivity index (χ1v) is 12.6. The summed E-state index contributed by atoms with van der Waals surface area (Å²) in [6, 6.07) is 12.1. The molecule has 0 fully saturated rings. The van der Waals surface area contributed by atoms with Gasteiger partial charge in [0.1, 0.15) is 0 Å². The van der Waals surface area contributed by atoms with Gasteiger partial charge in [-0.3, -0.25) is 9.59 Å². The minimum Gasteiger partial charge on any atom is -0.342 e. The van der Waals surface area contributed by atoms with E-state index in [2.05, 4.69) is 34.7 Å². The molecule has 2 N–H and O–H groups in total. The van der Waals surface area contributed by atoms with Gasteiger partial charge in [-0.05, 0) is 55.7 Å². The third-order valence-corrected chi connectivity index (χ3v) is 6.88. The van der Waals surface area contributed by atoms with E-state index >= 15 is 0 Å². The number of thioether (sulfide) groups is 1. The standard InChI is InChI=1S/C24H27Cl2N5O2S/c1-5-31-22(15(4)27-23(33)17-8-11-19(25)20(26)12-17)29-30-24(31)34-13-21(32)28-18-9-6-16(7-10-18)14(2)3/h6-12,14-15H,5,13H2,1-4H3,(H,27,33)(H,28,32)/t15-/m0/s1. The topological polar surface area (TPSA) is 88.9 Å². The van der Waals surface area contributed by atoms with E-state index in [0.29, 0.717) is 39.1 Å². The summed E-state index contributed by atoms with van der Waals surface area (Å²) in [5.41, 5.74) is 2.37. The summed E-state index contributed by atoms with van der Waals surface area (Å²) in [4.78, 5) is 25.0. The van der Waals surface area contributed by atoms with E-state index in [1.54, 1.807) is 12.1 Å². The van der Waals surface area contributed by atoms with Gasteiger partial charge < -0.3 is 15.2 Å². The molecule has 0 aliphatic rings. The maximum absolute atomic E-state index is 12.6. The Labute approximate surface area is 213 Å². The van der Waals surface area contributed by atoms with Gasteiger partial charge in [0.25, 0.3) is 5.91 Å². The van der Waals surface area contributed by atoms with Crippen LogP contribution in [0.2, 0.25) is 10.0 Å². The molecule has 0 aliphatic carbocycles. The summed E-state index contributed by atoms with van der Waals surface area (Å²) in [7, 11) is 0. The minimum absolute atomic E-state index is 0.129. The second-order valence-corrected chi connectivity index (χ2v) is 9.78. The van der Waals surface area contributed by atoms with Crippen LogP contribution in [0, 0.1) is 0 Å². The minimum atomic E-state index is -0.406. The molecule has 0 aliphatic heterocycles. The monoisotopic (exact) mass is 519 g/mol. The molecule has 0 spiro atoms. The first-order chi connectivity index (χ1) is 16.2. The fraction of sp³-hybridized carbons (Fsp3) is 0.333. The van der Waals surface area contributed by atoms with Crippen molar-refractivity contribution < 1.29 is 9.59 Å². The van der Waals surface area contributed by atoms with Crippen LogP contribution in [0.3, 0.4) is 0 Å². The number of nitrogens with one attached hydrogen (secondary N) is 2. The molecule has 0 saturated carbocycles. The van der Waals surface area contributed by atoms with Crippen LogP contribution in [0.5, 0.6) is 0 Å². The Morgan fingerprint density at radius 1 is 1.03 bits per heavy atom. The highest BCUT2D eigenvalue weighted by molar-refractivity contribution is 7.99. The Bertz CT molecular complexity index is 1160. The Morgan fingerprint density at radius 3 is 2.35 bits per heavy atom. The van der Waals surface area contributed by atoms with E-state index in [9.17, 15) is 9.59 Å². The average Bonchev–Trinajstić information content (AvgIpc) is 3.23. The summed E-state index contributed by atoms with van der Waals surface area (Å²) in [5.74, 6) is 0.798. The molecule has 0 unspecified atom stereocenters. The number of aromatic nitrogens is 3. The molecule has 7 nitrogen and oxygen atoms in total. The Balaban J connectivity index is 1.61. The second-order valence-electron chi connectivity index (χ2n) is 8.02. The van der Waals surface area contributed by atoms with Crippen molar-refractivity contribution in [2.45, 2.75) is 51.4 Å². The lowest BCUT2D eigenvalue weighted by Gasteiger charge is -2.15. The molecule has 1 heterocycles. The third-order valence-electron chi connectivity index (χ3n) is 5.17. The van der Waals surface area contributed by atoms with Crippen molar-refractivity contribution in [2.75, 3.05) is 11.1 Å². The molecule has 0 bridgehead atoms. The molecule has 1 atom stereocenters. The van der Waals surface area contributed by atoms with Crippen LogP contribution in [-0.2, 0) is 11.3 Å². The Hall–Kier alpha value is -2.55.